The molecule has 0 fully saturated rings. The van der Waals surface area contributed by atoms with E-state index in [1.54, 1.807) is 24.3 Å². The second-order valence-electron chi connectivity index (χ2n) is 3.93. The highest BCUT2D eigenvalue weighted by atomic mass is 79.9. The Kier molecular flexibility index (Phi) is 3.60. The van der Waals surface area contributed by atoms with E-state index in [1.165, 1.54) is 6.07 Å². The Balaban J connectivity index is 2.40. The van der Waals surface area contributed by atoms with Crippen molar-refractivity contribution in [1.29, 1.82) is 0 Å². The third kappa shape index (κ3) is 2.56. The second kappa shape index (κ2) is 4.98. The number of halogens is 2. The molecule has 0 heterocycles. The van der Waals surface area contributed by atoms with Gasteiger partial charge in [0.1, 0.15) is 11.9 Å². The third-order valence-electron chi connectivity index (χ3n) is 2.71. The van der Waals surface area contributed by atoms with Gasteiger partial charge in [-0.05, 0) is 30.2 Å². The number of benzene rings is 2. The molecule has 2 rings (SSSR count). The lowest BCUT2D eigenvalue weighted by atomic mass is 10.0. The van der Waals surface area contributed by atoms with E-state index in [0.29, 0.717) is 11.1 Å². The molecule has 0 bridgehead atoms. The normalized spacial score (nSPS) is 12.5. The van der Waals surface area contributed by atoms with Gasteiger partial charge in [0.25, 0.3) is 0 Å². The monoisotopic (exact) mass is 294 g/mol. The molecule has 2 aromatic carbocycles. The van der Waals surface area contributed by atoms with Crippen molar-refractivity contribution >= 4 is 15.9 Å². The van der Waals surface area contributed by atoms with Gasteiger partial charge in [0, 0.05) is 10.0 Å². The third-order valence-corrected chi connectivity index (χ3v) is 3.57. The Morgan fingerprint density at radius 1 is 1.18 bits per heavy atom. The SMILES string of the molecule is Cc1ccc(C(O)c2ccccc2F)cc1Br. The van der Waals surface area contributed by atoms with E-state index in [-0.39, 0.29) is 0 Å². The van der Waals surface area contributed by atoms with Gasteiger partial charge in [-0.25, -0.2) is 4.39 Å². The maximum atomic E-state index is 13.5. The minimum Gasteiger partial charge on any atom is -0.384 e. The fourth-order valence-corrected chi connectivity index (χ4v) is 2.05. The molecule has 0 aliphatic rings. The van der Waals surface area contributed by atoms with Gasteiger partial charge in [0.15, 0.2) is 0 Å². The molecule has 1 N–H and O–H groups in total. The second-order valence-corrected chi connectivity index (χ2v) is 4.79. The molecule has 88 valence electrons. The predicted molar refractivity (Wildman–Crippen MR) is 69.3 cm³/mol. The highest BCUT2D eigenvalue weighted by molar-refractivity contribution is 9.10. The van der Waals surface area contributed by atoms with E-state index < -0.39 is 11.9 Å². The van der Waals surface area contributed by atoms with E-state index in [4.69, 9.17) is 0 Å². The largest absolute Gasteiger partial charge is 0.384 e. The lowest BCUT2D eigenvalue weighted by Crippen LogP contribution is -2.02. The number of aliphatic hydroxyl groups excluding tert-OH is 1. The molecule has 1 atom stereocenters. The van der Waals surface area contributed by atoms with Gasteiger partial charge in [-0.1, -0.05) is 46.3 Å². The van der Waals surface area contributed by atoms with Crippen molar-refractivity contribution in [2.24, 2.45) is 0 Å². The number of rotatable bonds is 2. The summed E-state index contributed by atoms with van der Waals surface area (Å²) in [6.07, 6.45) is -0.937. The zero-order valence-electron chi connectivity index (χ0n) is 9.32. The van der Waals surface area contributed by atoms with Gasteiger partial charge in [-0.3, -0.25) is 0 Å². The Morgan fingerprint density at radius 2 is 1.88 bits per heavy atom. The number of aliphatic hydroxyl groups is 1. The van der Waals surface area contributed by atoms with E-state index in [0.717, 1.165) is 10.0 Å². The van der Waals surface area contributed by atoms with Crippen molar-refractivity contribution in [3.8, 4) is 0 Å². The van der Waals surface area contributed by atoms with Crippen molar-refractivity contribution in [3.63, 3.8) is 0 Å². The van der Waals surface area contributed by atoms with Crippen molar-refractivity contribution in [2.45, 2.75) is 13.0 Å². The molecule has 0 amide bonds. The first kappa shape index (κ1) is 12.3. The summed E-state index contributed by atoms with van der Waals surface area (Å²) in [7, 11) is 0. The average molecular weight is 295 g/mol. The summed E-state index contributed by atoms with van der Waals surface area (Å²) in [6.45, 7) is 1.96. The van der Waals surface area contributed by atoms with Crippen molar-refractivity contribution in [2.75, 3.05) is 0 Å². The summed E-state index contributed by atoms with van der Waals surface area (Å²) in [5, 5.41) is 10.1. The van der Waals surface area contributed by atoms with Gasteiger partial charge in [-0.2, -0.15) is 0 Å². The molecule has 0 saturated heterocycles. The average Bonchev–Trinajstić information content (AvgIpc) is 2.32. The summed E-state index contributed by atoms with van der Waals surface area (Å²) in [4.78, 5) is 0. The van der Waals surface area contributed by atoms with Crippen molar-refractivity contribution < 1.29 is 9.50 Å². The summed E-state index contributed by atoms with van der Waals surface area (Å²) in [5.74, 6) is -0.392. The molecule has 17 heavy (non-hydrogen) atoms. The zero-order valence-corrected chi connectivity index (χ0v) is 10.9. The lowest BCUT2D eigenvalue weighted by molar-refractivity contribution is 0.215. The van der Waals surface area contributed by atoms with Crippen LogP contribution in [0.4, 0.5) is 4.39 Å². The summed E-state index contributed by atoms with van der Waals surface area (Å²) in [5.41, 5.74) is 2.05. The molecule has 3 heteroatoms. The highest BCUT2D eigenvalue weighted by Gasteiger charge is 2.14. The molecule has 0 saturated carbocycles. The van der Waals surface area contributed by atoms with E-state index >= 15 is 0 Å². The van der Waals surface area contributed by atoms with Crippen LogP contribution in [0.15, 0.2) is 46.9 Å². The van der Waals surface area contributed by atoms with E-state index in [9.17, 15) is 9.50 Å². The topological polar surface area (TPSA) is 20.2 Å². The van der Waals surface area contributed by atoms with E-state index in [2.05, 4.69) is 15.9 Å². The van der Waals surface area contributed by atoms with Crippen LogP contribution in [0, 0.1) is 12.7 Å². The van der Waals surface area contributed by atoms with Crippen molar-refractivity contribution in [3.05, 3.63) is 69.4 Å². The molecule has 0 radical (unpaired) electrons. The number of aryl methyl sites for hydroxylation is 1. The molecule has 0 aromatic heterocycles. The molecule has 0 spiro atoms. The Labute approximate surface area is 108 Å². The molecule has 1 nitrogen and oxygen atoms in total. The Morgan fingerprint density at radius 3 is 2.53 bits per heavy atom. The van der Waals surface area contributed by atoms with E-state index in [1.807, 2.05) is 19.1 Å². The first-order valence-electron chi connectivity index (χ1n) is 5.28. The number of hydrogen-bond donors (Lipinski definition) is 1. The van der Waals surface area contributed by atoms with Crippen LogP contribution >= 0.6 is 15.9 Å². The Hall–Kier alpha value is -1.19. The first-order valence-corrected chi connectivity index (χ1v) is 6.07. The zero-order chi connectivity index (χ0) is 12.4. The van der Waals surface area contributed by atoms with Crippen LogP contribution in [0.5, 0.6) is 0 Å². The summed E-state index contributed by atoms with van der Waals surface area (Å²) < 4.78 is 14.4. The molecular formula is C14H12BrFO. The van der Waals surface area contributed by atoms with Gasteiger partial charge in [-0.15, -0.1) is 0 Å². The van der Waals surface area contributed by atoms with Gasteiger partial charge < -0.3 is 5.11 Å². The van der Waals surface area contributed by atoms with Gasteiger partial charge >= 0.3 is 0 Å². The van der Waals surface area contributed by atoms with Crippen LogP contribution in [-0.2, 0) is 0 Å². The standard InChI is InChI=1S/C14H12BrFO/c1-9-6-7-10(8-12(9)15)14(17)11-4-2-3-5-13(11)16/h2-8,14,17H,1H3. The number of hydrogen-bond acceptors (Lipinski definition) is 1. The molecular weight excluding hydrogens is 283 g/mol. The fraction of sp³-hybridized carbons (Fsp3) is 0.143. The maximum absolute atomic E-state index is 13.5. The summed E-state index contributed by atoms with van der Waals surface area (Å²) in [6, 6.07) is 11.8. The molecule has 0 aliphatic heterocycles. The Bertz CT molecular complexity index is 539. The van der Waals surface area contributed by atoms with Crippen LogP contribution in [-0.4, -0.2) is 5.11 Å². The maximum Gasteiger partial charge on any atom is 0.129 e. The smallest absolute Gasteiger partial charge is 0.129 e. The summed E-state index contributed by atoms with van der Waals surface area (Å²) >= 11 is 3.40. The van der Waals surface area contributed by atoms with Crippen LogP contribution in [0.1, 0.15) is 22.8 Å². The van der Waals surface area contributed by atoms with Crippen molar-refractivity contribution in [1.82, 2.24) is 0 Å². The highest BCUT2D eigenvalue weighted by Crippen LogP contribution is 2.27. The lowest BCUT2D eigenvalue weighted by Gasteiger charge is -2.13. The fourth-order valence-electron chi connectivity index (χ4n) is 1.66. The van der Waals surface area contributed by atoms with Crippen LogP contribution in [0.2, 0.25) is 0 Å². The minimum absolute atomic E-state index is 0.295. The quantitative estimate of drug-likeness (QED) is 0.888. The first-order chi connectivity index (χ1) is 8.09. The molecule has 0 aliphatic carbocycles. The van der Waals surface area contributed by atoms with Crippen LogP contribution in [0.25, 0.3) is 0 Å². The molecule has 2 aromatic rings. The predicted octanol–water partition coefficient (Wildman–Crippen LogP) is 3.98. The molecule has 1 unspecified atom stereocenters. The van der Waals surface area contributed by atoms with Gasteiger partial charge in [0.2, 0.25) is 0 Å². The van der Waals surface area contributed by atoms with Gasteiger partial charge in [0.05, 0.1) is 0 Å². The minimum atomic E-state index is -0.937. The van der Waals surface area contributed by atoms with Crippen LogP contribution in [0.3, 0.4) is 0 Å². The van der Waals surface area contributed by atoms with Crippen LogP contribution < -0.4 is 0 Å².